The van der Waals surface area contributed by atoms with Crippen molar-refractivity contribution in [3.05, 3.63) is 47.5 Å². The van der Waals surface area contributed by atoms with Gasteiger partial charge in [0.25, 0.3) is 0 Å². The first-order valence-electron chi connectivity index (χ1n) is 13.2. The lowest BCUT2D eigenvalue weighted by Crippen LogP contribution is -2.26. The van der Waals surface area contributed by atoms with E-state index in [-0.39, 0.29) is 18.9 Å². The number of hydrogen-bond donors (Lipinski definition) is 0. The van der Waals surface area contributed by atoms with Crippen LogP contribution in [0.1, 0.15) is 114 Å². The molecule has 0 atom stereocenters. The molecule has 2 fully saturated rings. The molecule has 0 saturated heterocycles. The summed E-state index contributed by atoms with van der Waals surface area (Å²) in [5, 5.41) is 0. The third-order valence-corrected chi connectivity index (χ3v) is 7.85. The fourth-order valence-corrected chi connectivity index (χ4v) is 5.79. The highest BCUT2D eigenvalue weighted by Gasteiger charge is 2.35. The van der Waals surface area contributed by atoms with Crippen molar-refractivity contribution in [3.8, 4) is 0 Å². The minimum Gasteiger partial charge on any atom is -0.316 e. The van der Waals surface area contributed by atoms with E-state index in [1.807, 2.05) is 19.1 Å². The van der Waals surface area contributed by atoms with Crippen molar-refractivity contribution in [2.45, 2.75) is 116 Å². The predicted octanol–water partition coefficient (Wildman–Crippen LogP) is 9.42. The van der Waals surface area contributed by atoms with Crippen LogP contribution in [0.3, 0.4) is 0 Å². The molecule has 2 saturated carbocycles. The molecule has 0 heterocycles. The van der Waals surface area contributed by atoms with Crippen LogP contribution >= 0.6 is 0 Å². The predicted molar refractivity (Wildman–Crippen MR) is 130 cm³/mol. The Labute approximate surface area is 195 Å². The molecular weight excluding hydrogens is 402 g/mol. The quantitative estimate of drug-likeness (QED) is 0.243. The third kappa shape index (κ3) is 8.28. The standard InChI is InChI=1S/C29H44F2O/c1-3-5-6-8-24-13-17-27(18-14-24)28-19-15-26(16-20-28)22-32-29(30,31)21-25-11-9-23(7-4-2)10-12-25/h4,7,15-16,19-20,23-25,27H,3,5-6,8-14,17-18,21-22H2,1-2H3/b7-4+. The summed E-state index contributed by atoms with van der Waals surface area (Å²) >= 11 is 0. The summed E-state index contributed by atoms with van der Waals surface area (Å²) in [7, 11) is 0. The molecule has 0 amide bonds. The van der Waals surface area contributed by atoms with Gasteiger partial charge in [-0.05, 0) is 93.1 Å². The maximum Gasteiger partial charge on any atom is 0.356 e. The van der Waals surface area contributed by atoms with E-state index < -0.39 is 6.11 Å². The zero-order chi connectivity index (χ0) is 22.8. The van der Waals surface area contributed by atoms with E-state index in [0.29, 0.717) is 11.8 Å². The number of alkyl halides is 2. The third-order valence-electron chi connectivity index (χ3n) is 7.85. The molecule has 0 radical (unpaired) electrons. The SMILES string of the molecule is C/C=C/C1CCC(CC(F)(F)OCc2ccc(C3CCC(CCCCC)CC3)cc2)CC1. The average Bonchev–Trinajstić information content (AvgIpc) is 2.80. The molecule has 1 aromatic carbocycles. The summed E-state index contributed by atoms with van der Waals surface area (Å²) in [6, 6.07) is 8.25. The van der Waals surface area contributed by atoms with Crippen LogP contribution in [0.25, 0.3) is 0 Å². The molecule has 0 unspecified atom stereocenters. The Balaban J connectivity index is 1.39. The lowest BCUT2D eigenvalue weighted by atomic mass is 9.77. The maximum absolute atomic E-state index is 14.4. The van der Waals surface area contributed by atoms with Crippen LogP contribution < -0.4 is 0 Å². The summed E-state index contributed by atoms with van der Waals surface area (Å²) in [6.07, 6.45) is 15.5. The van der Waals surface area contributed by atoms with E-state index in [9.17, 15) is 8.78 Å². The highest BCUT2D eigenvalue weighted by Crippen LogP contribution is 2.39. The van der Waals surface area contributed by atoms with E-state index in [4.69, 9.17) is 4.74 Å². The van der Waals surface area contributed by atoms with Crippen LogP contribution in [0.15, 0.2) is 36.4 Å². The Bertz CT molecular complexity index is 665. The topological polar surface area (TPSA) is 9.23 Å². The number of hydrogen-bond acceptors (Lipinski definition) is 1. The summed E-state index contributed by atoms with van der Waals surface area (Å²) in [6.45, 7) is 4.29. The molecule has 2 aliphatic rings. The van der Waals surface area contributed by atoms with Gasteiger partial charge in [-0.25, -0.2) is 0 Å². The number of ether oxygens (including phenoxy) is 1. The molecule has 180 valence electrons. The van der Waals surface area contributed by atoms with E-state index in [1.165, 1.54) is 56.9 Å². The van der Waals surface area contributed by atoms with E-state index >= 15 is 0 Å². The van der Waals surface area contributed by atoms with Crippen LogP contribution in [-0.2, 0) is 11.3 Å². The second-order valence-electron chi connectivity index (χ2n) is 10.4. The van der Waals surface area contributed by atoms with Crippen molar-refractivity contribution >= 4 is 0 Å². The zero-order valence-electron chi connectivity index (χ0n) is 20.3. The summed E-state index contributed by atoms with van der Waals surface area (Å²) in [5.74, 6) is 2.18. The number of allylic oxidation sites excluding steroid dienone is 2. The normalized spacial score (nSPS) is 27.1. The smallest absolute Gasteiger partial charge is 0.316 e. The zero-order valence-corrected chi connectivity index (χ0v) is 20.3. The van der Waals surface area contributed by atoms with Gasteiger partial charge >= 0.3 is 6.11 Å². The first-order valence-corrected chi connectivity index (χ1v) is 13.2. The van der Waals surface area contributed by atoms with Crippen LogP contribution in [-0.4, -0.2) is 6.11 Å². The maximum atomic E-state index is 14.4. The van der Waals surface area contributed by atoms with Crippen molar-refractivity contribution in [2.75, 3.05) is 0 Å². The van der Waals surface area contributed by atoms with Gasteiger partial charge in [-0.1, -0.05) is 69.0 Å². The van der Waals surface area contributed by atoms with Gasteiger partial charge in [0.1, 0.15) is 0 Å². The van der Waals surface area contributed by atoms with Crippen LogP contribution in [0.2, 0.25) is 0 Å². The van der Waals surface area contributed by atoms with Crippen molar-refractivity contribution in [3.63, 3.8) is 0 Å². The van der Waals surface area contributed by atoms with E-state index in [0.717, 1.165) is 37.2 Å². The fraction of sp³-hybridized carbons (Fsp3) is 0.724. The Morgan fingerprint density at radius 2 is 1.56 bits per heavy atom. The Morgan fingerprint density at radius 1 is 0.906 bits per heavy atom. The van der Waals surface area contributed by atoms with Gasteiger partial charge in [-0.2, -0.15) is 8.78 Å². The minimum atomic E-state index is -3.03. The van der Waals surface area contributed by atoms with E-state index in [1.54, 1.807) is 0 Å². The Hall–Kier alpha value is -1.22. The lowest BCUT2D eigenvalue weighted by molar-refractivity contribution is -0.256. The minimum absolute atomic E-state index is 0.00856. The molecule has 0 N–H and O–H groups in total. The average molecular weight is 447 g/mol. The van der Waals surface area contributed by atoms with Gasteiger partial charge in [0.05, 0.1) is 6.61 Å². The van der Waals surface area contributed by atoms with Crippen LogP contribution in [0.4, 0.5) is 8.78 Å². The van der Waals surface area contributed by atoms with Gasteiger partial charge in [0, 0.05) is 6.42 Å². The number of rotatable bonds is 11. The van der Waals surface area contributed by atoms with Crippen LogP contribution in [0.5, 0.6) is 0 Å². The molecule has 0 spiro atoms. The molecule has 3 heteroatoms. The molecule has 0 aromatic heterocycles. The summed E-state index contributed by atoms with van der Waals surface area (Å²) in [4.78, 5) is 0. The molecular formula is C29H44F2O. The summed E-state index contributed by atoms with van der Waals surface area (Å²) in [5.41, 5.74) is 2.21. The number of benzene rings is 1. The van der Waals surface area contributed by atoms with Gasteiger partial charge < -0.3 is 4.74 Å². The molecule has 0 aliphatic heterocycles. The van der Waals surface area contributed by atoms with Crippen LogP contribution in [0, 0.1) is 17.8 Å². The van der Waals surface area contributed by atoms with Gasteiger partial charge in [-0.15, -0.1) is 0 Å². The summed E-state index contributed by atoms with van der Waals surface area (Å²) < 4.78 is 33.9. The fourth-order valence-electron chi connectivity index (χ4n) is 5.79. The Morgan fingerprint density at radius 3 is 2.19 bits per heavy atom. The highest BCUT2D eigenvalue weighted by atomic mass is 19.3. The largest absolute Gasteiger partial charge is 0.356 e. The first-order chi connectivity index (χ1) is 15.5. The van der Waals surface area contributed by atoms with Crippen molar-refractivity contribution in [1.82, 2.24) is 0 Å². The highest BCUT2D eigenvalue weighted by molar-refractivity contribution is 5.25. The molecule has 2 aliphatic carbocycles. The van der Waals surface area contributed by atoms with Gasteiger partial charge in [0.2, 0.25) is 0 Å². The molecule has 1 aromatic rings. The Kier molecular flexibility index (Phi) is 10.2. The molecule has 1 nitrogen and oxygen atoms in total. The second kappa shape index (κ2) is 12.9. The first kappa shape index (κ1) is 25.4. The monoisotopic (exact) mass is 446 g/mol. The number of halogens is 2. The van der Waals surface area contributed by atoms with Crippen molar-refractivity contribution < 1.29 is 13.5 Å². The molecule has 0 bridgehead atoms. The second-order valence-corrected chi connectivity index (χ2v) is 10.4. The van der Waals surface area contributed by atoms with Crippen molar-refractivity contribution in [1.29, 1.82) is 0 Å². The van der Waals surface area contributed by atoms with Gasteiger partial charge in [0.15, 0.2) is 0 Å². The lowest BCUT2D eigenvalue weighted by Gasteiger charge is -2.29. The van der Waals surface area contributed by atoms with Crippen molar-refractivity contribution in [2.24, 2.45) is 17.8 Å². The number of unbranched alkanes of at least 4 members (excludes halogenated alkanes) is 2. The molecule has 32 heavy (non-hydrogen) atoms. The van der Waals surface area contributed by atoms with Gasteiger partial charge in [-0.3, -0.25) is 0 Å². The van der Waals surface area contributed by atoms with E-state index in [2.05, 4.69) is 31.2 Å². The molecule has 3 rings (SSSR count).